The third-order valence-corrected chi connectivity index (χ3v) is 7.52. The first kappa shape index (κ1) is 18.4. The molecule has 4 saturated carbocycles. The van der Waals surface area contributed by atoms with Gasteiger partial charge in [-0.25, -0.2) is 4.39 Å². The summed E-state index contributed by atoms with van der Waals surface area (Å²) < 4.78 is 20.0. The lowest BCUT2D eigenvalue weighted by atomic mass is 9.54. The lowest BCUT2D eigenvalue weighted by Gasteiger charge is -2.54. The fourth-order valence-corrected chi connectivity index (χ4v) is 6.31. The summed E-state index contributed by atoms with van der Waals surface area (Å²) in [5.41, 5.74) is 1.54. The van der Waals surface area contributed by atoms with Crippen LogP contribution in [-0.2, 0) is 13.2 Å². The largest absolute Gasteiger partial charge is 0.488 e. The number of hydrogen-bond donors (Lipinski definition) is 1. The molecule has 4 heteroatoms. The molecule has 0 radical (unpaired) electrons. The molecule has 0 amide bonds. The van der Waals surface area contributed by atoms with Crippen LogP contribution in [0.25, 0.3) is 0 Å². The topological polar surface area (TPSA) is 21.3 Å². The molecule has 4 bridgehead atoms. The molecule has 2 aromatic carbocycles. The molecular formula is C24H27ClFNO. The van der Waals surface area contributed by atoms with E-state index in [9.17, 15) is 4.39 Å². The summed E-state index contributed by atoms with van der Waals surface area (Å²) in [4.78, 5) is 0. The Morgan fingerprint density at radius 1 is 0.929 bits per heavy atom. The maximum absolute atomic E-state index is 14.0. The second-order valence-electron chi connectivity index (χ2n) is 8.93. The van der Waals surface area contributed by atoms with Crippen LogP contribution in [0, 0.1) is 29.5 Å². The number of hydrogen-bond acceptors (Lipinski definition) is 2. The van der Waals surface area contributed by atoms with Crippen molar-refractivity contribution in [3.8, 4) is 5.75 Å². The van der Waals surface area contributed by atoms with Crippen molar-refractivity contribution in [1.82, 2.24) is 5.32 Å². The zero-order valence-corrected chi connectivity index (χ0v) is 16.8. The predicted octanol–water partition coefficient (Wildman–Crippen LogP) is 5.97. The van der Waals surface area contributed by atoms with Crippen LogP contribution in [0.2, 0.25) is 5.02 Å². The van der Waals surface area contributed by atoms with Gasteiger partial charge in [-0.3, -0.25) is 0 Å². The molecule has 4 aliphatic rings. The van der Waals surface area contributed by atoms with Gasteiger partial charge in [0.2, 0.25) is 0 Å². The van der Waals surface area contributed by atoms with Crippen molar-refractivity contribution in [1.29, 1.82) is 0 Å². The van der Waals surface area contributed by atoms with Gasteiger partial charge >= 0.3 is 0 Å². The Bertz CT molecular complexity index is 806. The van der Waals surface area contributed by atoms with E-state index in [0.29, 0.717) is 16.6 Å². The third kappa shape index (κ3) is 3.55. The van der Waals surface area contributed by atoms with Gasteiger partial charge in [-0.2, -0.15) is 0 Å². The van der Waals surface area contributed by atoms with Gasteiger partial charge in [-0.1, -0.05) is 35.9 Å². The number of ether oxygens (including phenoxy) is 1. The van der Waals surface area contributed by atoms with E-state index in [-0.39, 0.29) is 12.4 Å². The molecule has 2 aromatic rings. The van der Waals surface area contributed by atoms with Crippen molar-refractivity contribution >= 4 is 11.6 Å². The summed E-state index contributed by atoms with van der Waals surface area (Å²) in [6, 6.07) is 13.4. The highest BCUT2D eigenvalue weighted by Gasteiger charge is 2.47. The first-order chi connectivity index (χ1) is 13.7. The smallest absolute Gasteiger partial charge is 0.131 e. The SMILES string of the molecule is Fc1cccc(Cl)c1COc1ccccc1CNC1C2CC3CC(C2)CC1C3. The molecule has 1 N–H and O–H groups in total. The van der Waals surface area contributed by atoms with E-state index in [0.717, 1.165) is 41.5 Å². The lowest BCUT2D eigenvalue weighted by molar-refractivity contribution is -0.0143. The van der Waals surface area contributed by atoms with Gasteiger partial charge in [0, 0.05) is 23.7 Å². The third-order valence-electron chi connectivity index (χ3n) is 7.16. The molecule has 28 heavy (non-hydrogen) atoms. The van der Waals surface area contributed by atoms with Gasteiger partial charge in [-0.15, -0.1) is 0 Å². The Balaban J connectivity index is 1.25. The molecule has 4 fully saturated rings. The van der Waals surface area contributed by atoms with Crippen molar-refractivity contribution in [3.63, 3.8) is 0 Å². The van der Waals surface area contributed by atoms with Gasteiger partial charge in [-0.05, 0) is 74.0 Å². The van der Waals surface area contributed by atoms with E-state index < -0.39 is 0 Å². The fraction of sp³-hybridized carbons (Fsp3) is 0.500. The second-order valence-corrected chi connectivity index (χ2v) is 9.34. The van der Waals surface area contributed by atoms with Crippen molar-refractivity contribution in [2.75, 3.05) is 0 Å². The lowest BCUT2D eigenvalue weighted by Crippen LogP contribution is -2.54. The van der Waals surface area contributed by atoms with Crippen LogP contribution in [0.15, 0.2) is 42.5 Å². The van der Waals surface area contributed by atoms with E-state index in [2.05, 4.69) is 11.4 Å². The van der Waals surface area contributed by atoms with Crippen LogP contribution in [0.4, 0.5) is 4.39 Å². The first-order valence-electron chi connectivity index (χ1n) is 10.5. The van der Waals surface area contributed by atoms with Gasteiger partial charge in [0.25, 0.3) is 0 Å². The minimum absolute atomic E-state index is 0.139. The Kier molecular flexibility index (Phi) is 5.06. The van der Waals surface area contributed by atoms with Crippen LogP contribution in [0.1, 0.15) is 43.2 Å². The standard InChI is InChI=1S/C24H27ClFNO/c25-21-5-3-6-22(26)20(21)14-28-23-7-2-1-4-17(23)13-27-24-18-9-15-8-16(11-18)12-19(24)10-15/h1-7,15-16,18-19,24,27H,8-14H2. The van der Waals surface area contributed by atoms with Crippen molar-refractivity contribution in [2.24, 2.45) is 23.7 Å². The van der Waals surface area contributed by atoms with Crippen LogP contribution in [-0.4, -0.2) is 6.04 Å². The zero-order chi connectivity index (χ0) is 19.1. The number of benzene rings is 2. The molecule has 0 saturated heterocycles. The maximum Gasteiger partial charge on any atom is 0.131 e. The molecule has 4 aliphatic carbocycles. The Morgan fingerprint density at radius 3 is 2.36 bits per heavy atom. The average Bonchev–Trinajstić information content (AvgIpc) is 2.67. The van der Waals surface area contributed by atoms with E-state index in [1.165, 1.54) is 38.2 Å². The molecular weight excluding hydrogens is 373 g/mol. The number of rotatable bonds is 6. The van der Waals surface area contributed by atoms with E-state index in [4.69, 9.17) is 16.3 Å². The molecule has 2 nitrogen and oxygen atoms in total. The summed E-state index contributed by atoms with van der Waals surface area (Å²) in [7, 11) is 0. The highest BCUT2D eigenvalue weighted by molar-refractivity contribution is 6.31. The summed E-state index contributed by atoms with van der Waals surface area (Å²) >= 11 is 6.14. The fourth-order valence-electron chi connectivity index (χ4n) is 6.10. The normalized spacial score (nSPS) is 30.6. The number of para-hydroxylation sites is 1. The highest BCUT2D eigenvalue weighted by atomic mass is 35.5. The Hall–Kier alpha value is -1.58. The summed E-state index contributed by atoms with van der Waals surface area (Å²) in [5.74, 6) is 4.15. The maximum atomic E-state index is 14.0. The highest BCUT2D eigenvalue weighted by Crippen LogP contribution is 2.53. The zero-order valence-electron chi connectivity index (χ0n) is 16.0. The molecule has 6 rings (SSSR count). The number of nitrogens with one attached hydrogen (secondary N) is 1. The van der Waals surface area contributed by atoms with E-state index >= 15 is 0 Å². The molecule has 0 unspecified atom stereocenters. The molecule has 0 aliphatic heterocycles. The molecule has 0 spiro atoms. The van der Waals surface area contributed by atoms with Gasteiger partial charge in [0.05, 0.1) is 5.02 Å². The van der Waals surface area contributed by atoms with Crippen LogP contribution in [0.3, 0.4) is 0 Å². The molecule has 148 valence electrons. The summed E-state index contributed by atoms with van der Waals surface area (Å²) in [6.45, 7) is 0.939. The monoisotopic (exact) mass is 399 g/mol. The second kappa shape index (κ2) is 7.68. The van der Waals surface area contributed by atoms with Crippen molar-refractivity contribution < 1.29 is 9.13 Å². The minimum atomic E-state index is -0.322. The van der Waals surface area contributed by atoms with E-state index in [1.807, 2.05) is 18.2 Å². The summed E-state index contributed by atoms with van der Waals surface area (Å²) in [5, 5.41) is 4.27. The predicted molar refractivity (Wildman–Crippen MR) is 110 cm³/mol. The van der Waals surface area contributed by atoms with Crippen molar-refractivity contribution in [3.05, 3.63) is 64.4 Å². The van der Waals surface area contributed by atoms with Crippen LogP contribution < -0.4 is 10.1 Å². The Labute approximate surface area is 171 Å². The van der Waals surface area contributed by atoms with E-state index in [1.54, 1.807) is 12.1 Å². The first-order valence-corrected chi connectivity index (χ1v) is 10.9. The van der Waals surface area contributed by atoms with Gasteiger partial charge in [0.15, 0.2) is 0 Å². The van der Waals surface area contributed by atoms with Crippen LogP contribution >= 0.6 is 11.6 Å². The van der Waals surface area contributed by atoms with Crippen LogP contribution in [0.5, 0.6) is 5.75 Å². The van der Waals surface area contributed by atoms with Crippen molar-refractivity contribution in [2.45, 2.75) is 51.3 Å². The quantitative estimate of drug-likeness (QED) is 0.645. The molecule has 0 atom stereocenters. The average molecular weight is 400 g/mol. The van der Waals surface area contributed by atoms with Gasteiger partial charge in [0.1, 0.15) is 18.2 Å². The Morgan fingerprint density at radius 2 is 1.64 bits per heavy atom. The number of halogens is 2. The molecule has 0 aromatic heterocycles. The minimum Gasteiger partial charge on any atom is -0.488 e. The van der Waals surface area contributed by atoms with Gasteiger partial charge < -0.3 is 10.1 Å². The summed E-state index contributed by atoms with van der Waals surface area (Å²) in [6.07, 6.45) is 7.13. The molecule has 0 heterocycles.